The number of carbonyl (C=O) groups excluding carboxylic acids is 2. The highest BCUT2D eigenvalue weighted by Crippen LogP contribution is 2.29. The van der Waals surface area contributed by atoms with Crippen molar-refractivity contribution in [3.63, 3.8) is 0 Å². The van der Waals surface area contributed by atoms with Crippen molar-refractivity contribution in [1.82, 2.24) is 0 Å². The average Bonchev–Trinajstić information content (AvgIpc) is 2.60. The fourth-order valence-corrected chi connectivity index (χ4v) is 2.90. The standard InChI is InChI=1S/C21H26N2O3/c1-6-22(18-9-7-8-15(2)12-18)21(25)14-23(17(4)24)19-13-16(3)10-11-20(19)26-5/h7-13H,6,14H2,1-5H3. The van der Waals surface area contributed by atoms with Gasteiger partial charge in [-0.1, -0.05) is 18.2 Å². The zero-order chi connectivity index (χ0) is 19.3. The third kappa shape index (κ3) is 4.42. The Morgan fingerprint density at radius 2 is 1.69 bits per heavy atom. The lowest BCUT2D eigenvalue weighted by Gasteiger charge is -2.27. The first kappa shape index (κ1) is 19.5. The van der Waals surface area contributed by atoms with Crippen molar-refractivity contribution in [2.45, 2.75) is 27.7 Å². The molecule has 0 aromatic heterocycles. The summed E-state index contributed by atoms with van der Waals surface area (Å²) in [6.07, 6.45) is 0. The molecule has 0 aliphatic rings. The minimum atomic E-state index is -0.206. The number of carbonyl (C=O) groups is 2. The molecular formula is C21H26N2O3. The molecule has 5 heteroatoms. The third-order valence-corrected chi connectivity index (χ3v) is 4.23. The second kappa shape index (κ2) is 8.52. The molecule has 0 unspecified atom stereocenters. The van der Waals surface area contributed by atoms with Crippen LogP contribution in [0.25, 0.3) is 0 Å². The van der Waals surface area contributed by atoms with Crippen molar-refractivity contribution in [2.75, 3.05) is 30.0 Å². The molecule has 0 spiro atoms. The maximum Gasteiger partial charge on any atom is 0.247 e. The van der Waals surface area contributed by atoms with Crippen molar-refractivity contribution in [3.8, 4) is 5.75 Å². The molecule has 0 aliphatic heterocycles. The van der Waals surface area contributed by atoms with Gasteiger partial charge in [-0.3, -0.25) is 14.5 Å². The highest BCUT2D eigenvalue weighted by atomic mass is 16.5. The van der Waals surface area contributed by atoms with Crippen molar-refractivity contribution >= 4 is 23.2 Å². The van der Waals surface area contributed by atoms with E-state index in [1.54, 1.807) is 12.0 Å². The van der Waals surface area contributed by atoms with Gasteiger partial charge in [0.2, 0.25) is 11.8 Å². The summed E-state index contributed by atoms with van der Waals surface area (Å²) < 4.78 is 5.38. The number of likely N-dealkylation sites (N-methyl/N-ethyl adjacent to an activating group) is 1. The monoisotopic (exact) mass is 354 g/mol. The minimum absolute atomic E-state index is 0.0447. The van der Waals surface area contributed by atoms with E-state index in [1.165, 1.54) is 11.8 Å². The molecule has 0 bridgehead atoms. The van der Waals surface area contributed by atoms with E-state index in [9.17, 15) is 9.59 Å². The van der Waals surface area contributed by atoms with Crippen LogP contribution in [0.1, 0.15) is 25.0 Å². The number of hydrogen-bond donors (Lipinski definition) is 0. The van der Waals surface area contributed by atoms with Gasteiger partial charge in [0, 0.05) is 19.2 Å². The van der Waals surface area contributed by atoms with Gasteiger partial charge in [0.1, 0.15) is 12.3 Å². The van der Waals surface area contributed by atoms with Crippen LogP contribution in [-0.4, -0.2) is 32.0 Å². The predicted molar refractivity (Wildman–Crippen MR) is 105 cm³/mol. The van der Waals surface area contributed by atoms with Crippen LogP contribution >= 0.6 is 0 Å². The highest BCUT2D eigenvalue weighted by molar-refractivity contribution is 6.03. The molecule has 0 N–H and O–H groups in total. The number of rotatable bonds is 6. The fourth-order valence-electron chi connectivity index (χ4n) is 2.90. The molecular weight excluding hydrogens is 328 g/mol. The minimum Gasteiger partial charge on any atom is -0.495 e. The molecule has 5 nitrogen and oxygen atoms in total. The van der Waals surface area contributed by atoms with Crippen molar-refractivity contribution in [1.29, 1.82) is 0 Å². The zero-order valence-corrected chi connectivity index (χ0v) is 16.1. The van der Waals surface area contributed by atoms with Crippen molar-refractivity contribution in [2.24, 2.45) is 0 Å². The Hall–Kier alpha value is -2.82. The van der Waals surface area contributed by atoms with Crippen LogP contribution in [0.3, 0.4) is 0 Å². The van der Waals surface area contributed by atoms with E-state index in [-0.39, 0.29) is 18.4 Å². The maximum absolute atomic E-state index is 12.9. The first-order chi connectivity index (χ1) is 12.4. The van der Waals surface area contributed by atoms with Gasteiger partial charge in [-0.05, 0) is 56.2 Å². The Morgan fingerprint density at radius 1 is 1.00 bits per heavy atom. The summed E-state index contributed by atoms with van der Waals surface area (Å²) in [4.78, 5) is 28.4. The molecule has 0 radical (unpaired) electrons. The number of hydrogen-bond acceptors (Lipinski definition) is 3. The van der Waals surface area contributed by atoms with E-state index < -0.39 is 0 Å². The van der Waals surface area contributed by atoms with Gasteiger partial charge in [-0.15, -0.1) is 0 Å². The molecule has 2 amide bonds. The van der Waals surface area contributed by atoms with Crippen LogP contribution < -0.4 is 14.5 Å². The van der Waals surface area contributed by atoms with Gasteiger partial charge in [0.15, 0.2) is 0 Å². The number of amides is 2. The van der Waals surface area contributed by atoms with Gasteiger partial charge in [0.05, 0.1) is 12.8 Å². The van der Waals surface area contributed by atoms with Crippen LogP contribution in [0.5, 0.6) is 5.75 Å². The van der Waals surface area contributed by atoms with E-state index in [2.05, 4.69) is 0 Å². The molecule has 2 aromatic rings. The van der Waals surface area contributed by atoms with E-state index >= 15 is 0 Å². The molecule has 2 aromatic carbocycles. The molecule has 0 heterocycles. The second-order valence-electron chi connectivity index (χ2n) is 6.26. The summed E-state index contributed by atoms with van der Waals surface area (Å²) >= 11 is 0. The molecule has 0 fully saturated rings. The van der Waals surface area contributed by atoms with Gasteiger partial charge in [-0.2, -0.15) is 0 Å². The molecule has 0 saturated heterocycles. The van der Waals surface area contributed by atoms with Crippen molar-refractivity contribution in [3.05, 3.63) is 53.6 Å². The van der Waals surface area contributed by atoms with Crippen LogP contribution in [0.4, 0.5) is 11.4 Å². The average molecular weight is 354 g/mol. The summed E-state index contributed by atoms with van der Waals surface area (Å²) in [5.74, 6) is 0.219. The normalized spacial score (nSPS) is 10.3. The van der Waals surface area contributed by atoms with Gasteiger partial charge < -0.3 is 9.64 Å². The zero-order valence-electron chi connectivity index (χ0n) is 16.1. The molecule has 0 saturated carbocycles. The van der Waals surface area contributed by atoms with E-state index in [0.717, 1.165) is 16.8 Å². The maximum atomic E-state index is 12.9. The Morgan fingerprint density at radius 3 is 2.27 bits per heavy atom. The van der Waals surface area contributed by atoms with Crippen LogP contribution in [0, 0.1) is 13.8 Å². The topological polar surface area (TPSA) is 49.9 Å². The molecule has 0 atom stereocenters. The second-order valence-corrected chi connectivity index (χ2v) is 6.26. The van der Waals surface area contributed by atoms with Crippen LogP contribution in [0.15, 0.2) is 42.5 Å². The van der Waals surface area contributed by atoms with Gasteiger partial charge in [0.25, 0.3) is 0 Å². The Balaban J connectivity index is 2.33. The smallest absolute Gasteiger partial charge is 0.247 e. The summed E-state index contributed by atoms with van der Waals surface area (Å²) in [5, 5.41) is 0. The number of ether oxygens (including phenoxy) is 1. The van der Waals surface area contributed by atoms with Crippen LogP contribution in [-0.2, 0) is 9.59 Å². The first-order valence-corrected chi connectivity index (χ1v) is 8.67. The number of aryl methyl sites for hydroxylation is 2. The Labute approximate surface area is 155 Å². The number of benzene rings is 2. The SMILES string of the molecule is CCN(C(=O)CN(C(C)=O)c1cc(C)ccc1OC)c1cccc(C)c1. The molecule has 26 heavy (non-hydrogen) atoms. The van der Waals surface area contributed by atoms with Crippen LogP contribution in [0.2, 0.25) is 0 Å². The predicted octanol–water partition coefficient (Wildman–Crippen LogP) is 3.72. The van der Waals surface area contributed by atoms with E-state index in [0.29, 0.717) is 18.0 Å². The van der Waals surface area contributed by atoms with Gasteiger partial charge in [-0.25, -0.2) is 0 Å². The summed E-state index contributed by atoms with van der Waals surface area (Å²) in [7, 11) is 1.55. The lowest BCUT2D eigenvalue weighted by molar-refractivity contribution is -0.121. The molecule has 2 rings (SSSR count). The summed E-state index contributed by atoms with van der Waals surface area (Å²) in [6, 6.07) is 13.4. The fraction of sp³-hybridized carbons (Fsp3) is 0.333. The van der Waals surface area contributed by atoms with Crippen molar-refractivity contribution < 1.29 is 14.3 Å². The summed E-state index contributed by atoms with van der Waals surface area (Å²) in [6.45, 7) is 7.79. The summed E-state index contributed by atoms with van der Waals surface area (Å²) in [5.41, 5.74) is 3.51. The van der Waals surface area contributed by atoms with Gasteiger partial charge >= 0.3 is 0 Å². The Bertz CT molecular complexity index is 802. The molecule has 138 valence electrons. The third-order valence-electron chi connectivity index (χ3n) is 4.23. The number of nitrogens with zero attached hydrogens (tertiary/aromatic N) is 2. The molecule has 0 aliphatic carbocycles. The number of anilines is 2. The quantitative estimate of drug-likeness (QED) is 0.794. The first-order valence-electron chi connectivity index (χ1n) is 8.67. The Kier molecular flexibility index (Phi) is 6.39. The number of methoxy groups -OCH3 is 1. The highest BCUT2D eigenvalue weighted by Gasteiger charge is 2.23. The van der Waals surface area contributed by atoms with E-state index in [4.69, 9.17) is 4.74 Å². The lowest BCUT2D eigenvalue weighted by atomic mass is 10.1. The lowest BCUT2D eigenvalue weighted by Crippen LogP contribution is -2.42. The van der Waals surface area contributed by atoms with E-state index in [1.807, 2.05) is 63.2 Å². The largest absolute Gasteiger partial charge is 0.495 e.